The second-order valence-electron chi connectivity index (χ2n) is 14.5. The molecule has 40 heavy (non-hydrogen) atoms. The molecule has 5 fully saturated rings. The molecule has 2 saturated carbocycles. The van der Waals surface area contributed by atoms with Crippen LogP contribution in [0.4, 0.5) is 0 Å². The molecule has 5 nitrogen and oxygen atoms in total. The molecule has 4 heterocycles. The number of benzene rings is 1. The van der Waals surface area contributed by atoms with Crippen LogP contribution in [0.2, 0.25) is 0 Å². The van der Waals surface area contributed by atoms with Crippen molar-refractivity contribution in [3.8, 4) is 0 Å². The minimum Gasteiger partial charge on any atom is -0.325 e. The predicted octanol–water partition coefficient (Wildman–Crippen LogP) is 7.19. The van der Waals surface area contributed by atoms with E-state index in [1.807, 2.05) is 0 Å². The van der Waals surface area contributed by atoms with E-state index in [1.165, 1.54) is 107 Å². The van der Waals surface area contributed by atoms with Crippen molar-refractivity contribution in [2.45, 2.75) is 134 Å². The summed E-state index contributed by atoms with van der Waals surface area (Å²) in [4.78, 5) is 22.4. The van der Waals surface area contributed by atoms with Gasteiger partial charge in [0.05, 0.1) is 11.0 Å². The Morgan fingerprint density at radius 1 is 0.800 bits per heavy atom. The summed E-state index contributed by atoms with van der Waals surface area (Å²) in [6.07, 6.45) is 21.6. The number of Topliss-reactive ketones (excluding diaryl/α,β-unsaturated/α-hetero) is 1. The first-order chi connectivity index (χ1) is 19.6. The minimum atomic E-state index is 0.313. The second kappa shape index (κ2) is 11.9. The number of hydrogen-bond donors (Lipinski definition) is 0. The van der Waals surface area contributed by atoms with Gasteiger partial charge in [-0.3, -0.25) is 9.69 Å². The van der Waals surface area contributed by atoms with E-state index in [0.29, 0.717) is 24.2 Å². The summed E-state index contributed by atoms with van der Waals surface area (Å²) in [5.41, 5.74) is 2.57. The number of para-hydroxylation sites is 2. The zero-order chi connectivity index (χ0) is 27.1. The van der Waals surface area contributed by atoms with Crippen molar-refractivity contribution < 1.29 is 4.79 Å². The van der Waals surface area contributed by atoms with E-state index in [0.717, 1.165) is 56.0 Å². The van der Waals surface area contributed by atoms with Gasteiger partial charge < -0.3 is 9.47 Å². The van der Waals surface area contributed by atoms with Crippen LogP contribution >= 0.6 is 0 Å². The summed E-state index contributed by atoms with van der Waals surface area (Å²) in [6, 6.07) is 11.9. The predicted molar refractivity (Wildman–Crippen MR) is 163 cm³/mol. The number of carbonyl (C=O) groups is 1. The van der Waals surface area contributed by atoms with Crippen LogP contribution in [0.1, 0.15) is 115 Å². The molecule has 5 heteroatoms. The molecular weight excluding hydrogens is 492 g/mol. The summed E-state index contributed by atoms with van der Waals surface area (Å²) >= 11 is 0. The Morgan fingerprint density at radius 3 is 2.20 bits per heavy atom. The molecule has 0 amide bonds. The summed E-state index contributed by atoms with van der Waals surface area (Å²) in [5.74, 6) is 4.37. The topological polar surface area (TPSA) is 41.4 Å². The van der Waals surface area contributed by atoms with E-state index in [4.69, 9.17) is 4.98 Å². The molecule has 0 spiro atoms. The number of likely N-dealkylation sites (tertiary alicyclic amines) is 1. The first-order valence-corrected chi connectivity index (χ1v) is 17.1. The van der Waals surface area contributed by atoms with Crippen molar-refractivity contribution in [2.75, 3.05) is 19.6 Å². The average molecular weight is 545 g/mol. The fourth-order valence-electron chi connectivity index (χ4n) is 9.94. The lowest BCUT2D eigenvalue weighted by Crippen LogP contribution is -2.58. The Morgan fingerprint density at radius 2 is 1.50 bits per heavy atom. The van der Waals surface area contributed by atoms with Crippen molar-refractivity contribution in [3.05, 3.63) is 30.1 Å². The Hall–Kier alpha value is -1.72. The van der Waals surface area contributed by atoms with Gasteiger partial charge in [0.25, 0.3) is 0 Å². The first kappa shape index (κ1) is 27.1. The monoisotopic (exact) mass is 544 g/mol. The van der Waals surface area contributed by atoms with Gasteiger partial charge in [-0.1, -0.05) is 44.2 Å². The molecule has 3 saturated heterocycles. The summed E-state index contributed by atoms with van der Waals surface area (Å²) < 4.78 is 2.74. The molecule has 2 aromatic rings. The zero-order valence-corrected chi connectivity index (χ0v) is 25.0. The van der Waals surface area contributed by atoms with Gasteiger partial charge in [0, 0.05) is 43.6 Å². The minimum absolute atomic E-state index is 0.313. The fourth-order valence-corrected chi connectivity index (χ4v) is 9.94. The number of nitrogens with zero attached hydrogens (tertiary/aromatic N) is 4. The van der Waals surface area contributed by atoms with Crippen LogP contribution < -0.4 is 0 Å². The van der Waals surface area contributed by atoms with Gasteiger partial charge >= 0.3 is 0 Å². The van der Waals surface area contributed by atoms with Crippen LogP contribution in [0, 0.1) is 17.8 Å². The number of ketones is 1. The summed E-state index contributed by atoms with van der Waals surface area (Å²) in [6.45, 7) is 4.91. The van der Waals surface area contributed by atoms with E-state index in [2.05, 4.69) is 38.6 Å². The normalized spacial score (nSPS) is 34.1. The van der Waals surface area contributed by atoms with Crippen molar-refractivity contribution in [3.63, 3.8) is 0 Å². The number of fused-ring (bicyclic) bond motifs is 5. The first-order valence-electron chi connectivity index (χ1n) is 17.1. The smallest absolute Gasteiger partial charge is 0.131 e. The number of rotatable bonds is 7. The lowest BCUT2D eigenvalue weighted by Gasteiger charge is -2.54. The summed E-state index contributed by atoms with van der Waals surface area (Å²) in [7, 11) is 0. The number of carbonyl (C=O) groups excluding carboxylic acids is 1. The molecule has 5 aliphatic rings. The maximum atomic E-state index is 11.5. The third-order valence-corrected chi connectivity index (χ3v) is 11.8. The molecule has 7 rings (SSSR count). The molecule has 0 radical (unpaired) electrons. The van der Waals surface area contributed by atoms with Crippen LogP contribution in [-0.4, -0.2) is 62.9 Å². The van der Waals surface area contributed by atoms with E-state index in [9.17, 15) is 4.79 Å². The third kappa shape index (κ3) is 5.67. The highest BCUT2D eigenvalue weighted by molar-refractivity contribution is 5.76. The number of imidazole rings is 1. The van der Waals surface area contributed by atoms with E-state index < -0.39 is 0 Å². The Balaban J connectivity index is 1.09. The molecule has 2 unspecified atom stereocenters. The fraction of sp³-hybridized carbons (Fsp3) is 0.771. The molecule has 218 valence electrons. The molecule has 6 atom stereocenters. The molecule has 3 aliphatic heterocycles. The van der Waals surface area contributed by atoms with Gasteiger partial charge in [-0.25, -0.2) is 4.98 Å². The van der Waals surface area contributed by atoms with Crippen LogP contribution in [0.3, 0.4) is 0 Å². The maximum absolute atomic E-state index is 11.5. The number of hydrogen-bond acceptors (Lipinski definition) is 4. The van der Waals surface area contributed by atoms with Gasteiger partial charge in [0.1, 0.15) is 11.6 Å². The maximum Gasteiger partial charge on any atom is 0.131 e. The molecule has 0 N–H and O–H groups in total. The second-order valence-corrected chi connectivity index (χ2v) is 14.5. The van der Waals surface area contributed by atoms with Gasteiger partial charge in [-0.2, -0.15) is 0 Å². The van der Waals surface area contributed by atoms with Crippen molar-refractivity contribution in [1.29, 1.82) is 0 Å². The Kier molecular flexibility index (Phi) is 8.06. The largest absolute Gasteiger partial charge is 0.325 e. The van der Waals surface area contributed by atoms with Gasteiger partial charge in [0.15, 0.2) is 0 Å². The molecule has 2 aliphatic carbocycles. The van der Waals surface area contributed by atoms with Gasteiger partial charge in [0.2, 0.25) is 0 Å². The van der Waals surface area contributed by atoms with E-state index in [-0.39, 0.29) is 0 Å². The highest BCUT2D eigenvalue weighted by Crippen LogP contribution is 2.47. The lowest BCUT2D eigenvalue weighted by molar-refractivity contribution is -0.117. The highest BCUT2D eigenvalue weighted by atomic mass is 16.1. The molecular formula is C35H52N4O. The molecule has 4 bridgehead atoms. The van der Waals surface area contributed by atoms with Crippen LogP contribution in [0.5, 0.6) is 0 Å². The van der Waals surface area contributed by atoms with Crippen molar-refractivity contribution in [2.24, 2.45) is 17.8 Å². The number of aromatic nitrogens is 2. The van der Waals surface area contributed by atoms with Gasteiger partial charge in [-0.15, -0.1) is 0 Å². The Bertz CT molecular complexity index is 1140. The van der Waals surface area contributed by atoms with Crippen LogP contribution in [0.15, 0.2) is 24.3 Å². The standard InChI is InChI=1S/C35H52N4O/c1-25(40)13-16-37-17-14-26(15-18-37)22-35-36-33-11-4-5-12-34(33)39(35)32-23-29-9-6-10-30(24-32)38(29)31-20-27-7-2-3-8-28(19-27)21-31/h4-5,11-12,26-32H,2-3,6-10,13-24H2,1H3/t27-,28+,29-,30+,31?,32?. The van der Waals surface area contributed by atoms with E-state index >= 15 is 0 Å². The SMILES string of the molecule is CC(=O)CCN1CCC(Cc2nc3ccccc3n2C2C[C@H]3CCC[C@@H](C2)N3C2C[C@H]3CCCC[C@@H](C2)C3)CC1. The zero-order valence-electron chi connectivity index (χ0n) is 25.0. The van der Waals surface area contributed by atoms with E-state index in [1.54, 1.807) is 6.92 Å². The lowest BCUT2D eigenvalue weighted by atomic mass is 9.73. The average Bonchev–Trinajstić information content (AvgIpc) is 3.22. The molecule has 1 aromatic carbocycles. The van der Waals surface area contributed by atoms with Crippen LogP contribution in [0.25, 0.3) is 11.0 Å². The Labute approximate surface area is 242 Å². The quantitative estimate of drug-likeness (QED) is 0.370. The third-order valence-electron chi connectivity index (χ3n) is 11.8. The van der Waals surface area contributed by atoms with Crippen LogP contribution in [-0.2, 0) is 11.2 Å². The molecule has 1 aromatic heterocycles. The number of piperidine rings is 3. The van der Waals surface area contributed by atoms with Gasteiger partial charge in [-0.05, 0) is 108 Å². The highest BCUT2D eigenvalue weighted by Gasteiger charge is 2.45. The summed E-state index contributed by atoms with van der Waals surface area (Å²) in [5, 5.41) is 0. The van der Waals surface area contributed by atoms with Crippen molar-refractivity contribution in [1.82, 2.24) is 19.4 Å². The van der Waals surface area contributed by atoms with Crippen molar-refractivity contribution >= 4 is 16.8 Å².